The van der Waals surface area contributed by atoms with E-state index in [1.54, 1.807) is 0 Å². The molecule has 0 saturated carbocycles. The highest BCUT2D eigenvalue weighted by Crippen LogP contribution is 2.14. The zero-order chi connectivity index (χ0) is 12.7. The largest absolute Gasteiger partial charge is 0.356 e. The van der Waals surface area contributed by atoms with E-state index >= 15 is 0 Å². The van der Waals surface area contributed by atoms with Crippen LogP contribution in [0.25, 0.3) is 0 Å². The SMILES string of the molecule is CCCn1c(SCCC(=O)ONN)n[nH]c1=O. The summed E-state index contributed by atoms with van der Waals surface area (Å²) in [6.07, 6.45) is 1.02. The average molecular weight is 261 g/mol. The van der Waals surface area contributed by atoms with E-state index in [0.29, 0.717) is 17.5 Å². The van der Waals surface area contributed by atoms with E-state index in [1.165, 1.54) is 16.3 Å². The Morgan fingerprint density at radius 3 is 3.12 bits per heavy atom. The molecule has 0 aliphatic rings. The van der Waals surface area contributed by atoms with Crippen molar-refractivity contribution >= 4 is 17.7 Å². The molecule has 8 nitrogen and oxygen atoms in total. The topological polar surface area (TPSA) is 115 Å². The fraction of sp³-hybridized carbons (Fsp3) is 0.625. The Morgan fingerprint density at radius 1 is 1.71 bits per heavy atom. The Morgan fingerprint density at radius 2 is 2.47 bits per heavy atom. The minimum Gasteiger partial charge on any atom is -0.356 e. The number of H-pyrrole nitrogens is 1. The zero-order valence-electron chi connectivity index (χ0n) is 9.43. The summed E-state index contributed by atoms with van der Waals surface area (Å²) in [5.41, 5.74) is 1.58. The molecule has 0 amide bonds. The maximum absolute atomic E-state index is 11.3. The molecule has 1 heterocycles. The summed E-state index contributed by atoms with van der Waals surface area (Å²) in [6, 6.07) is 0. The molecule has 0 atom stereocenters. The number of nitrogens with zero attached hydrogens (tertiary/aromatic N) is 2. The van der Waals surface area contributed by atoms with Crippen molar-refractivity contribution in [2.45, 2.75) is 31.5 Å². The molecule has 0 radical (unpaired) electrons. The van der Waals surface area contributed by atoms with Crippen molar-refractivity contribution in [3.63, 3.8) is 0 Å². The van der Waals surface area contributed by atoms with E-state index in [9.17, 15) is 9.59 Å². The number of hydrazine groups is 1. The number of aromatic amines is 1. The Balaban J connectivity index is 2.46. The second kappa shape index (κ2) is 7.09. The number of hydrogen-bond donors (Lipinski definition) is 3. The number of nitrogens with two attached hydrogens (primary N) is 1. The molecule has 0 aliphatic carbocycles. The Kier molecular flexibility index (Phi) is 5.73. The molecule has 17 heavy (non-hydrogen) atoms. The smallest absolute Gasteiger partial charge is 0.343 e. The number of carbonyl (C=O) groups excluding carboxylic acids is 1. The summed E-state index contributed by atoms with van der Waals surface area (Å²) in [5.74, 6) is 4.83. The Labute approximate surface area is 102 Å². The second-order valence-electron chi connectivity index (χ2n) is 3.15. The molecule has 0 bridgehead atoms. The molecule has 96 valence electrons. The lowest BCUT2D eigenvalue weighted by atomic mass is 10.5. The van der Waals surface area contributed by atoms with Crippen LogP contribution in [0.5, 0.6) is 0 Å². The maximum atomic E-state index is 11.3. The van der Waals surface area contributed by atoms with Crippen molar-refractivity contribution in [2.75, 3.05) is 5.75 Å². The van der Waals surface area contributed by atoms with Gasteiger partial charge in [-0.15, -0.1) is 5.10 Å². The monoisotopic (exact) mass is 261 g/mol. The van der Waals surface area contributed by atoms with E-state index in [1.807, 2.05) is 12.5 Å². The third-order valence-electron chi connectivity index (χ3n) is 1.88. The summed E-state index contributed by atoms with van der Waals surface area (Å²) in [7, 11) is 0. The van der Waals surface area contributed by atoms with Gasteiger partial charge in [0, 0.05) is 12.3 Å². The number of rotatable bonds is 7. The predicted octanol–water partition coefficient (Wildman–Crippen LogP) is -0.615. The lowest BCUT2D eigenvalue weighted by molar-refractivity contribution is -0.150. The van der Waals surface area contributed by atoms with Crippen LogP contribution in [0.3, 0.4) is 0 Å². The lowest BCUT2D eigenvalue weighted by Crippen LogP contribution is -2.26. The van der Waals surface area contributed by atoms with Crippen LogP contribution in [-0.2, 0) is 16.2 Å². The lowest BCUT2D eigenvalue weighted by Gasteiger charge is -2.03. The molecule has 1 rings (SSSR count). The quantitative estimate of drug-likeness (QED) is 0.340. The van der Waals surface area contributed by atoms with Gasteiger partial charge in [-0.25, -0.2) is 15.7 Å². The van der Waals surface area contributed by atoms with Gasteiger partial charge >= 0.3 is 11.7 Å². The molecule has 0 spiro atoms. The van der Waals surface area contributed by atoms with E-state index in [0.717, 1.165) is 6.42 Å². The first kappa shape index (κ1) is 13.7. The van der Waals surface area contributed by atoms with Crippen LogP contribution >= 0.6 is 11.8 Å². The molecule has 0 aromatic carbocycles. The Hall–Kier alpha value is -1.32. The molecular weight excluding hydrogens is 246 g/mol. The van der Waals surface area contributed by atoms with Gasteiger partial charge in [0.05, 0.1) is 6.42 Å². The van der Waals surface area contributed by atoms with E-state index in [2.05, 4.69) is 15.0 Å². The molecule has 0 aliphatic heterocycles. The molecule has 1 aromatic rings. The molecular formula is C8H15N5O3S. The van der Waals surface area contributed by atoms with Crippen molar-refractivity contribution < 1.29 is 9.63 Å². The highest BCUT2D eigenvalue weighted by molar-refractivity contribution is 7.99. The highest BCUT2D eigenvalue weighted by atomic mass is 32.2. The van der Waals surface area contributed by atoms with Gasteiger partial charge < -0.3 is 4.84 Å². The van der Waals surface area contributed by atoms with E-state index < -0.39 is 5.97 Å². The zero-order valence-corrected chi connectivity index (χ0v) is 10.2. The van der Waals surface area contributed by atoms with Crippen LogP contribution in [-0.4, -0.2) is 26.5 Å². The van der Waals surface area contributed by atoms with Crippen molar-refractivity contribution in [1.29, 1.82) is 0 Å². The van der Waals surface area contributed by atoms with Crippen LogP contribution in [0.1, 0.15) is 19.8 Å². The van der Waals surface area contributed by atoms with Gasteiger partial charge in [0.15, 0.2) is 5.16 Å². The third-order valence-corrected chi connectivity index (χ3v) is 2.86. The summed E-state index contributed by atoms with van der Waals surface area (Å²) >= 11 is 1.31. The van der Waals surface area contributed by atoms with Gasteiger partial charge in [0.2, 0.25) is 0 Å². The van der Waals surface area contributed by atoms with Crippen LogP contribution in [0.2, 0.25) is 0 Å². The van der Waals surface area contributed by atoms with Gasteiger partial charge in [-0.05, 0) is 6.42 Å². The molecule has 1 aromatic heterocycles. The van der Waals surface area contributed by atoms with Gasteiger partial charge in [-0.3, -0.25) is 9.36 Å². The van der Waals surface area contributed by atoms with E-state index in [4.69, 9.17) is 5.84 Å². The normalized spacial score (nSPS) is 10.5. The molecule has 9 heteroatoms. The summed E-state index contributed by atoms with van der Waals surface area (Å²) < 4.78 is 1.54. The molecule has 0 saturated heterocycles. The highest BCUT2D eigenvalue weighted by Gasteiger charge is 2.09. The molecule has 0 fully saturated rings. The molecule has 4 N–H and O–H groups in total. The Bertz CT molecular complexity index is 416. The average Bonchev–Trinajstić information content (AvgIpc) is 2.62. The second-order valence-corrected chi connectivity index (χ2v) is 4.22. The van der Waals surface area contributed by atoms with Crippen molar-refractivity contribution in [3.8, 4) is 0 Å². The first-order chi connectivity index (χ1) is 8.19. The fourth-order valence-corrected chi connectivity index (χ4v) is 2.07. The predicted molar refractivity (Wildman–Crippen MR) is 61.9 cm³/mol. The van der Waals surface area contributed by atoms with Crippen LogP contribution in [0, 0.1) is 0 Å². The van der Waals surface area contributed by atoms with E-state index in [-0.39, 0.29) is 12.1 Å². The standard InChI is InChI=1S/C8H15N5O3S/c1-2-4-13-7(15)10-11-8(13)17-5-3-6(14)16-12-9/h12H,2-5,9H2,1H3,(H,10,15). The van der Waals surface area contributed by atoms with Gasteiger partial charge in [-0.1, -0.05) is 24.3 Å². The van der Waals surface area contributed by atoms with Crippen LogP contribution in [0.4, 0.5) is 0 Å². The van der Waals surface area contributed by atoms with Crippen LogP contribution < -0.4 is 17.1 Å². The minimum atomic E-state index is -0.458. The summed E-state index contributed by atoms with van der Waals surface area (Å²) in [6.45, 7) is 2.57. The molecule has 0 unspecified atom stereocenters. The fourth-order valence-electron chi connectivity index (χ4n) is 1.18. The number of thioether (sulfide) groups is 1. The van der Waals surface area contributed by atoms with Gasteiger partial charge in [-0.2, -0.15) is 0 Å². The number of nitrogens with one attached hydrogen (secondary N) is 2. The van der Waals surface area contributed by atoms with Crippen molar-refractivity contribution in [1.82, 2.24) is 20.4 Å². The number of carbonyl (C=O) groups is 1. The maximum Gasteiger partial charge on any atom is 0.343 e. The third kappa shape index (κ3) is 4.21. The van der Waals surface area contributed by atoms with Gasteiger partial charge in [0.25, 0.3) is 0 Å². The first-order valence-electron chi connectivity index (χ1n) is 5.12. The summed E-state index contributed by atoms with van der Waals surface area (Å²) in [5, 5.41) is 6.82. The number of aromatic nitrogens is 3. The first-order valence-corrected chi connectivity index (χ1v) is 6.10. The minimum absolute atomic E-state index is 0.183. The number of hydrogen-bond acceptors (Lipinski definition) is 7. The van der Waals surface area contributed by atoms with Crippen molar-refractivity contribution in [2.24, 2.45) is 5.84 Å². The van der Waals surface area contributed by atoms with Crippen LogP contribution in [0.15, 0.2) is 9.95 Å². The van der Waals surface area contributed by atoms with Gasteiger partial charge in [0.1, 0.15) is 0 Å². The van der Waals surface area contributed by atoms with Crippen molar-refractivity contribution in [3.05, 3.63) is 10.5 Å². The summed E-state index contributed by atoms with van der Waals surface area (Å²) in [4.78, 5) is 26.7.